The van der Waals surface area contributed by atoms with Crippen LogP contribution in [0.4, 0.5) is 13.2 Å². The van der Waals surface area contributed by atoms with Crippen molar-refractivity contribution in [3.8, 4) is 0 Å². The van der Waals surface area contributed by atoms with Crippen molar-refractivity contribution in [2.75, 3.05) is 0 Å². The number of alkyl halides is 3. The van der Waals surface area contributed by atoms with E-state index in [-0.39, 0.29) is 0 Å². The average Bonchev–Trinajstić information content (AvgIpc) is 2.25. The van der Waals surface area contributed by atoms with Crippen LogP contribution in [0.3, 0.4) is 0 Å². The van der Waals surface area contributed by atoms with Crippen molar-refractivity contribution in [3.05, 3.63) is 28.8 Å². The Bertz CT molecular complexity index is 645. The van der Waals surface area contributed by atoms with Gasteiger partial charge in [0.2, 0.25) is 10.0 Å². The standard InChI is InChI=1S/C11H11ClF3NO4S/c1-6(4-10(17)18)16-21(19,20)9-5-7(11(13,14)15)2-3-8(9)12/h2-3,5-6,16H,4H2,1H3,(H,17,18). The Morgan fingerprint density at radius 1 is 1.43 bits per heavy atom. The maximum atomic E-state index is 12.6. The van der Waals surface area contributed by atoms with Crippen LogP contribution in [0.25, 0.3) is 0 Å². The molecule has 5 nitrogen and oxygen atoms in total. The van der Waals surface area contributed by atoms with E-state index in [1.165, 1.54) is 6.92 Å². The first kappa shape index (κ1) is 17.7. The Labute approximate surface area is 123 Å². The summed E-state index contributed by atoms with van der Waals surface area (Å²) in [6.45, 7) is 1.27. The summed E-state index contributed by atoms with van der Waals surface area (Å²) in [5.74, 6) is -1.25. The van der Waals surface area contributed by atoms with Gasteiger partial charge in [-0.15, -0.1) is 0 Å². The summed E-state index contributed by atoms with van der Waals surface area (Å²) in [7, 11) is -4.36. The number of aliphatic carboxylic acids is 1. The maximum Gasteiger partial charge on any atom is 0.416 e. The third kappa shape index (κ3) is 4.87. The van der Waals surface area contributed by atoms with Gasteiger partial charge < -0.3 is 5.11 Å². The minimum absolute atomic E-state index is 0.391. The first-order chi connectivity index (χ1) is 9.43. The lowest BCUT2D eigenvalue weighted by Gasteiger charge is -2.15. The number of carbonyl (C=O) groups is 1. The molecule has 0 amide bonds. The minimum Gasteiger partial charge on any atom is -0.481 e. The Morgan fingerprint density at radius 2 is 2.00 bits per heavy atom. The lowest BCUT2D eigenvalue weighted by atomic mass is 10.2. The summed E-state index contributed by atoms with van der Waals surface area (Å²) in [6, 6.07) is 0.874. The van der Waals surface area contributed by atoms with Gasteiger partial charge >= 0.3 is 12.1 Å². The molecule has 1 unspecified atom stereocenters. The quantitative estimate of drug-likeness (QED) is 0.859. The van der Waals surface area contributed by atoms with E-state index in [2.05, 4.69) is 0 Å². The van der Waals surface area contributed by atoms with Crippen molar-refractivity contribution in [3.63, 3.8) is 0 Å². The van der Waals surface area contributed by atoms with E-state index in [0.717, 1.165) is 6.07 Å². The molecular formula is C11H11ClF3NO4S. The van der Waals surface area contributed by atoms with E-state index in [1.54, 1.807) is 0 Å². The van der Waals surface area contributed by atoms with Gasteiger partial charge in [-0.05, 0) is 25.1 Å². The van der Waals surface area contributed by atoms with Gasteiger partial charge in [0.1, 0.15) is 4.90 Å². The largest absolute Gasteiger partial charge is 0.481 e. The summed E-state index contributed by atoms with van der Waals surface area (Å²) in [6.07, 6.45) is -5.24. The number of rotatable bonds is 5. The molecule has 0 aliphatic heterocycles. The summed E-state index contributed by atoms with van der Waals surface area (Å²) < 4.78 is 63.7. The van der Waals surface area contributed by atoms with E-state index in [9.17, 15) is 26.4 Å². The number of nitrogens with one attached hydrogen (secondary N) is 1. The molecule has 1 atom stereocenters. The van der Waals surface area contributed by atoms with Gasteiger partial charge in [-0.3, -0.25) is 4.79 Å². The Morgan fingerprint density at radius 3 is 2.48 bits per heavy atom. The number of carboxylic acid groups (broad SMARTS) is 1. The van der Waals surface area contributed by atoms with Gasteiger partial charge in [0, 0.05) is 6.04 Å². The normalized spacial score (nSPS) is 14.0. The molecule has 1 aromatic rings. The van der Waals surface area contributed by atoms with Crippen molar-refractivity contribution in [1.29, 1.82) is 0 Å². The molecular weight excluding hydrogens is 335 g/mol. The van der Waals surface area contributed by atoms with Crippen LogP contribution in [0.1, 0.15) is 18.9 Å². The molecule has 1 rings (SSSR count). The Hall–Kier alpha value is -1.32. The van der Waals surface area contributed by atoms with Crippen LogP contribution in [-0.2, 0) is 21.0 Å². The number of halogens is 4. The highest BCUT2D eigenvalue weighted by Crippen LogP contribution is 2.33. The molecule has 0 bridgehead atoms. The fourth-order valence-electron chi connectivity index (χ4n) is 1.52. The number of sulfonamides is 1. The summed E-state index contributed by atoms with van der Waals surface area (Å²) in [4.78, 5) is 9.72. The molecule has 0 aliphatic rings. The molecule has 21 heavy (non-hydrogen) atoms. The molecule has 1 aromatic carbocycles. The lowest BCUT2D eigenvalue weighted by molar-refractivity contribution is -0.138. The van der Waals surface area contributed by atoms with Gasteiger partial charge in [0.15, 0.2) is 0 Å². The van der Waals surface area contributed by atoms with Gasteiger partial charge in [0.25, 0.3) is 0 Å². The number of benzene rings is 1. The third-order valence-corrected chi connectivity index (χ3v) is 4.46. The molecule has 118 valence electrons. The second-order valence-corrected chi connectivity index (χ2v) is 6.35. The Kier molecular flexibility index (Phi) is 5.24. The zero-order chi connectivity index (χ0) is 16.4. The molecule has 0 aliphatic carbocycles. The van der Waals surface area contributed by atoms with Gasteiger partial charge in [-0.25, -0.2) is 13.1 Å². The predicted molar refractivity (Wildman–Crippen MR) is 68.5 cm³/mol. The highest BCUT2D eigenvalue weighted by molar-refractivity contribution is 7.89. The highest BCUT2D eigenvalue weighted by atomic mass is 35.5. The monoisotopic (exact) mass is 345 g/mol. The second kappa shape index (κ2) is 6.20. The van der Waals surface area contributed by atoms with Crippen molar-refractivity contribution in [2.24, 2.45) is 0 Å². The van der Waals surface area contributed by atoms with E-state index >= 15 is 0 Å². The van der Waals surface area contributed by atoms with Crippen molar-refractivity contribution in [1.82, 2.24) is 4.72 Å². The van der Waals surface area contributed by atoms with Crippen LogP contribution in [0.5, 0.6) is 0 Å². The van der Waals surface area contributed by atoms with Crippen LogP contribution >= 0.6 is 11.6 Å². The van der Waals surface area contributed by atoms with Crippen LogP contribution in [0.2, 0.25) is 5.02 Å². The van der Waals surface area contributed by atoms with Crippen molar-refractivity contribution in [2.45, 2.75) is 30.5 Å². The van der Waals surface area contributed by atoms with Crippen LogP contribution in [0, 0.1) is 0 Å². The maximum absolute atomic E-state index is 12.6. The average molecular weight is 346 g/mol. The Balaban J connectivity index is 3.16. The zero-order valence-corrected chi connectivity index (χ0v) is 12.2. The third-order valence-electron chi connectivity index (χ3n) is 2.39. The van der Waals surface area contributed by atoms with E-state index in [1.807, 2.05) is 4.72 Å². The van der Waals surface area contributed by atoms with E-state index < -0.39 is 50.1 Å². The molecule has 0 saturated carbocycles. The first-order valence-electron chi connectivity index (χ1n) is 5.54. The molecule has 0 fully saturated rings. The first-order valence-corrected chi connectivity index (χ1v) is 7.40. The summed E-state index contributed by atoms with van der Waals surface area (Å²) in [5.41, 5.74) is -1.17. The van der Waals surface area contributed by atoms with E-state index in [0.29, 0.717) is 12.1 Å². The van der Waals surface area contributed by atoms with E-state index in [4.69, 9.17) is 16.7 Å². The zero-order valence-electron chi connectivity index (χ0n) is 10.6. The summed E-state index contributed by atoms with van der Waals surface area (Å²) in [5, 5.41) is 8.16. The van der Waals surface area contributed by atoms with Gasteiger partial charge in [0.05, 0.1) is 17.0 Å². The summed E-state index contributed by atoms with van der Waals surface area (Å²) >= 11 is 5.62. The van der Waals surface area contributed by atoms with Crippen LogP contribution < -0.4 is 4.72 Å². The van der Waals surface area contributed by atoms with Crippen LogP contribution in [-0.4, -0.2) is 25.5 Å². The van der Waals surface area contributed by atoms with Crippen molar-refractivity contribution < 1.29 is 31.5 Å². The van der Waals surface area contributed by atoms with Gasteiger partial charge in [-0.2, -0.15) is 13.2 Å². The molecule has 0 spiro atoms. The topological polar surface area (TPSA) is 83.5 Å². The predicted octanol–water partition coefficient (Wildman–Crippen LogP) is 2.50. The minimum atomic E-state index is -4.72. The fourth-order valence-corrected chi connectivity index (χ4v) is 3.29. The molecule has 0 saturated heterocycles. The number of hydrogen-bond donors (Lipinski definition) is 2. The molecule has 0 aromatic heterocycles. The SMILES string of the molecule is CC(CC(=O)O)NS(=O)(=O)c1cc(C(F)(F)F)ccc1Cl. The smallest absolute Gasteiger partial charge is 0.416 e. The molecule has 0 heterocycles. The van der Waals surface area contributed by atoms with Gasteiger partial charge in [-0.1, -0.05) is 11.6 Å². The highest BCUT2D eigenvalue weighted by Gasteiger charge is 2.33. The number of hydrogen-bond acceptors (Lipinski definition) is 3. The second-order valence-electron chi connectivity index (χ2n) is 4.26. The molecule has 10 heteroatoms. The lowest BCUT2D eigenvalue weighted by Crippen LogP contribution is -2.34. The number of carboxylic acids is 1. The fraction of sp³-hybridized carbons (Fsp3) is 0.364. The van der Waals surface area contributed by atoms with Crippen LogP contribution in [0.15, 0.2) is 23.1 Å². The molecule has 2 N–H and O–H groups in total. The molecule has 0 radical (unpaired) electrons. The van der Waals surface area contributed by atoms with Crippen molar-refractivity contribution >= 4 is 27.6 Å².